The van der Waals surface area contributed by atoms with Crippen LogP contribution in [-0.4, -0.2) is 17.5 Å². The summed E-state index contributed by atoms with van der Waals surface area (Å²) in [5, 5.41) is 9.41. The Hall–Kier alpha value is -0.0800. The molecule has 0 aromatic carbocycles. The lowest BCUT2D eigenvalue weighted by atomic mass is 9.86. The minimum absolute atomic E-state index is 0.234. The lowest BCUT2D eigenvalue weighted by Crippen LogP contribution is -2.31. The van der Waals surface area contributed by atoms with Gasteiger partial charge in [0.25, 0.3) is 0 Å². The van der Waals surface area contributed by atoms with E-state index in [0.717, 1.165) is 18.8 Å². The molecule has 1 fully saturated rings. The highest BCUT2D eigenvalue weighted by atomic mass is 16.6. The molecule has 4 unspecified atom stereocenters. The van der Waals surface area contributed by atoms with E-state index in [9.17, 15) is 5.11 Å². The van der Waals surface area contributed by atoms with Crippen molar-refractivity contribution in [2.75, 3.05) is 0 Å². The van der Waals surface area contributed by atoms with Crippen LogP contribution in [0.1, 0.15) is 46.5 Å². The van der Waals surface area contributed by atoms with E-state index in [-0.39, 0.29) is 6.10 Å². The Morgan fingerprint density at radius 2 is 2.15 bits per heavy atom. The van der Waals surface area contributed by atoms with Crippen LogP contribution in [0.5, 0.6) is 0 Å². The average molecular weight is 186 g/mol. The molecule has 0 aliphatic carbocycles. The topological polar surface area (TPSA) is 29.5 Å². The van der Waals surface area contributed by atoms with Gasteiger partial charge in [-0.05, 0) is 31.6 Å². The van der Waals surface area contributed by atoms with E-state index in [1.165, 1.54) is 12.8 Å². The molecule has 0 spiro atoms. The molecule has 1 rings (SSSR count). The van der Waals surface area contributed by atoms with Crippen molar-refractivity contribution >= 4 is 0 Å². The first kappa shape index (κ1) is 11.0. The quantitative estimate of drug-likeness (QED) is 0.734. The molecule has 78 valence electrons. The highest BCUT2D eigenvalue weighted by molar-refractivity contribution is 4.72. The minimum Gasteiger partial charge on any atom is -0.368 e. The van der Waals surface area contributed by atoms with Gasteiger partial charge in [0.1, 0.15) is 0 Å². The molecule has 2 nitrogen and oxygen atoms in total. The molecular weight excluding hydrogens is 164 g/mol. The normalized spacial score (nSPS) is 37.4. The number of aliphatic hydroxyl groups is 1. The molecule has 0 amide bonds. The molecule has 0 bridgehead atoms. The molecule has 1 aliphatic heterocycles. The van der Waals surface area contributed by atoms with E-state index < -0.39 is 6.29 Å². The van der Waals surface area contributed by atoms with E-state index in [0.29, 0.717) is 5.92 Å². The van der Waals surface area contributed by atoms with E-state index in [2.05, 4.69) is 13.8 Å². The van der Waals surface area contributed by atoms with Gasteiger partial charge in [-0.1, -0.05) is 20.3 Å². The molecule has 1 aliphatic rings. The van der Waals surface area contributed by atoms with Gasteiger partial charge in [0.15, 0.2) is 6.29 Å². The largest absolute Gasteiger partial charge is 0.368 e. The van der Waals surface area contributed by atoms with Crippen LogP contribution in [0.3, 0.4) is 0 Å². The second-order valence-electron chi connectivity index (χ2n) is 4.49. The fraction of sp³-hybridized carbons (Fsp3) is 1.00. The summed E-state index contributed by atoms with van der Waals surface area (Å²) in [5.41, 5.74) is 0. The van der Waals surface area contributed by atoms with Crippen molar-refractivity contribution in [1.82, 2.24) is 0 Å². The van der Waals surface area contributed by atoms with Crippen molar-refractivity contribution in [1.29, 1.82) is 0 Å². The minimum atomic E-state index is -0.516. The van der Waals surface area contributed by atoms with Crippen LogP contribution in [0.4, 0.5) is 0 Å². The fourth-order valence-electron chi connectivity index (χ4n) is 2.16. The maximum Gasteiger partial charge on any atom is 0.155 e. The molecule has 1 heterocycles. The fourth-order valence-corrected chi connectivity index (χ4v) is 2.16. The first-order valence-corrected chi connectivity index (χ1v) is 5.45. The van der Waals surface area contributed by atoms with Crippen LogP contribution >= 0.6 is 0 Å². The van der Waals surface area contributed by atoms with Crippen LogP contribution in [0.2, 0.25) is 0 Å². The summed E-state index contributed by atoms with van der Waals surface area (Å²) in [6.07, 6.45) is 4.13. The molecule has 4 atom stereocenters. The summed E-state index contributed by atoms with van der Waals surface area (Å²) in [5.74, 6) is 1.44. The van der Waals surface area contributed by atoms with Gasteiger partial charge in [0.05, 0.1) is 6.10 Å². The highest BCUT2D eigenvalue weighted by Crippen LogP contribution is 2.29. The summed E-state index contributed by atoms with van der Waals surface area (Å²) < 4.78 is 5.29. The Labute approximate surface area is 81.3 Å². The van der Waals surface area contributed by atoms with Gasteiger partial charge in [0, 0.05) is 6.42 Å². The monoisotopic (exact) mass is 186 g/mol. The van der Waals surface area contributed by atoms with Crippen molar-refractivity contribution in [3.63, 3.8) is 0 Å². The molecule has 0 aromatic rings. The zero-order valence-corrected chi connectivity index (χ0v) is 8.99. The first-order chi connectivity index (χ1) is 6.11. The van der Waals surface area contributed by atoms with Gasteiger partial charge in [-0.2, -0.15) is 0 Å². The van der Waals surface area contributed by atoms with Gasteiger partial charge in [-0.25, -0.2) is 0 Å². The molecular formula is C11H22O2. The zero-order valence-electron chi connectivity index (χ0n) is 8.99. The second kappa shape index (κ2) is 4.97. The second-order valence-corrected chi connectivity index (χ2v) is 4.49. The standard InChI is InChI=1S/C11H22O2/c1-4-8(2)5-10-6-9(3)13-11(12)7-10/h8-12H,4-7H2,1-3H3. The van der Waals surface area contributed by atoms with Crippen LogP contribution in [0, 0.1) is 11.8 Å². The van der Waals surface area contributed by atoms with Gasteiger partial charge in [-0.15, -0.1) is 0 Å². The molecule has 1 N–H and O–H groups in total. The van der Waals surface area contributed by atoms with Crippen molar-refractivity contribution in [3.05, 3.63) is 0 Å². The van der Waals surface area contributed by atoms with Crippen molar-refractivity contribution in [3.8, 4) is 0 Å². The van der Waals surface area contributed by atoms with Gasteiger partial charge >= 0.3 is 0 Å². The van der Waals surface area contributed by atoms with Crippen molar-refractivity contribution in [2.45, 2.75) is 58.8 Å². The highest BCUT2D eigenvalue weighted by Gasteiger charge is 2.26. The van der Waals surface area contributed by atoms with Crippen LogP contribution in [0.25, 0.3) is 0 Å². The Morgan fingerprint density at radius 3 is 2.69 bits per heavy atom. The SMILES string of the molecule is CCC(C)CC1CC(C)OC(O)C1. The van der Waals surface area contributed by atoms with E-state index in [4.69, 9.17) is 4.74 Å². The number of rotatable bonds is 3. The van der Waals surface area contributed by atoms with E-state index >= 15 is 0 Å². The van der Waals surface area contributed by atoms with E-state index in [1.54, 1.807) is 0 Å². The third kappa shape index (κ3) is 3.65. The molecule has 0 radical (unpaired) electrons. The number of hydrogen-bond acceptors (Lipinski definition) is 2. The van der Waals surface area contributed by atoms with Gasteiger partial charge < -0.3 is 9.84 Å². The molecule has 0 aromatic heterocycles. The van der Waals surface area contributed by atoms with Crippen LogP contribution in [0.15, 0.2) is 0 Å². The number of hydrogen-bond donors (Lipinski definition) is 1. The molecule has 1 saturated heterocycles. The molecule has 0 saturated carbocycles. The Bertz CT molecular complexity index is 137. The van der Waals surface area contributed by atoms with Crippen LogP contribution < -0.4 is 0 Å². The number of ether oxygens (including phenoxy) is 1. The predicted octanol–water partition coefficient (Wildman–Crippen LogP) is 2.56. The van der Waals surface area contributed by atoms with Crippen LogP contribution in [-0.2, 0) is 4.74 Å². The van der Waals surface area contributed by atoms with E-state index in [1.807, 2.05) is 6.92 Å². The smallest absolute Gasteiger partial charge is 0.155 e. The molecule has 2 heteroatoms. The zero-order chi connectivity index (χ0) is 9.84. The summed E-state index contributed by atoms with van der Waals surface area (Å²) in [4.78, 5) is 0. The summed E-state index contributed by atoms with van der Waals surface area (Å²) in [6.45, 7) is 6.56. The summed E-state index contributed by atoms with van der Waals surface area (Å²) in [7, 11) is 0. The summed E-state index contributed by atoms with van der Waals surface area (Å²) in [6, 6.07) is 0. The maximum absolute atomic E-state index is 9.41. The maximum atomic E-state index is 9.41. The Morgan fingerprint density at radius 1 is 1.46 bits per heavy atom. The van der Waals surface area contributed by atoms with Crippen molar-refractivity contribution in [2.24, 2.45) is 11.8 Å². The predicted molar refractivity (Wildman–Crippen MR) is 53.3 cm³/mol. The van der Waals surface area contributed by atoms with Crippen molar-refractivity contribution < 1.29 is 9.84 Å². The lowest BCUT2D eigenvalue weighted by Gasteiger charge is -2.32. The number of aliphatic hydroxyl groups excluding tert-OH is 1. The third-order valence-corrected chi connectivity index (χ3v) is 3.02. The lowest BCUT2D eigenvalue weighted by molar-refractivity contribution is -0.172. The Balaban J connectivity index is 2.32. The van der Waals surface area contributed by atoms with Gasteiger partial charge in [-0.3, -0.25) is 0 Å². The molecule has 13 heavy (non-hydrogen) atoms. The third-order valence-electron chi connectivity index (χ3n) is 3.02. The average Bonchev–Trinajstić information content (AvgIpc) is 2.02. The van der Waals surface area contributed by atoms with Gasteiger partial charge in [0.2, 0.25) is 0 Å². The first-order valence-electron chi connectivity index (χ1n) is 5.45. The summed E-state index contributed by atoms with van der Waals surface area (Å²) >= 11 is 0. The Kier molecular flexibility index (Phi) is 4.20.